The summed E-state index contributed by atoms with van der Waals surface area (Å²) >= 11 is 0. The van der Waals surface area contributed by atoms with Gasteiger partial charge in [-0.1, -0.05) is 48.6 Å². The van der Waals surface area contributed by atoms with Crippen molar-refractivity contribution < 1.29 is 19.6 Å². The first-order valence-electron chi connectivity index (χ1n) is 9.86. The molecule has 2 aromatic rings. The summed E-state index contributed by atoms with van der Waals surface area (Å²) in [4.78, 5) is 35.5. The summed E-state index contributed by atoms with van der Waals surface area (Å²) in [7, 11) is 0. The van der Waals surface area contributed by atoms with Crippen molar-refractivity contribution in [3.05, 3.63) is 82.9 Å². The van der Waals surface area contributed by atoms with Crippen LogP contribution in [-0.2, 0) is 4.79 Å². The molecular weight excluding hydrogens is 410 g/mol. The minimum atomic E-state index is -1.75. The molecule has 2 rings (SSSR count). The molecule has 0 aromatic heterocycles. The standard InChI is InChI=1S/C23H27N5O4/c1-23(25,22(31)28-32)27-21(30)19-12-8-17(9-13-19)5-3-2-4-16-6-10-18(11-7-16)20(29)26-15-14-24/h2-13,32H,14-15,24-25H2,1H3,(H,26,29)(H,27,30)(H,28,31)/b4-2+,5-3+/t23-/m0/s1. The molecule has 1 atom stereocenters. The number of benzene rings is 2. The fourth-order valence-electron chi connectivity index (χ4n) is 2.59. The zero-order chi connectivity index (χ0) is 23.6. The normalized spacial score (nSPS) is 13.0. The molecule has 0 radical (unpaired) electrons. The van der Waals surface area contributed by atoms with Crippen molar-refractivity contribution in [2.45, 2.75) is 12.6 Å². The quantitative estimate of drug-likeness (QED) is 0.149. The third kappa shape index (κ3) is 7.17. The van der Waals surface area contributed by atoms with Gasteiger partial charge in [0.25, 0.3) is 17.7 Å². The number of carbonyl (C=O) groups is 3. The van der Waals surface area contributed by atoms with Gasteiger partial charge in [0.2, 0.25) is 0 Å². The van der Waals surface area contributed by atoms with Crippen molar-refractivity contribution in [1.82, 2.24) is 16.1 Å². The number of rotatable bonds is 9. The van der Waals surface area contributed by atoms with Gasteiger partial charge in [0.05, 0.1) is 0 Å². The molecule has 9 heteroatoms. The lowest BCUT2D eigenvalue weighted by Gasteiger charge is -2.23. The van der Waals surface area contributed by atoms with E-state index < -0.39 is 17.5 Å². The molecule has 0 heterocycles. The predicted octanol–water partition coefficient (Wildman–Crippen LogP) is 1.01. The van der Waals surface area contributed by atoms with Gasteiger partial charge in [0, 0.05) is 24.2 Å². The van der Waals surface area contributed by atoms with Gasteiger partial charge in [-0.25, -0.2) is 5.48 Å². The van der Waals surface area contributed by atoms with Crippen molar-refractivity contribution in [3.63, 3.8) is 0 Å². The van der Waals surface area contributed by atoms with Crippen LogP contribution < -0.4 is 27.6 Å². The van der Waals surface area contributed by atoms with Gasteiger partial charge >= 0.3 is 0 Å². The van der Waals surface area contributed by atoms with Gasteiger partial charge < -0.3 is 22.1 Å². The van der Waals surface area contributed by atoms with E-state index in [9.17, 15) is 14.4 Å². The van der Waals surface area contributed by atoms with Crippen molar-refractivity contribution in [2.24, 2.45) is 11.5 Å². The van der Waals surface area contributed by atoms with Gasteiger partial charge in [0.1, 0.15) is 0 Å². The zero-order valence-electron chi connectivity index (χ0n) is 17.7. The average molecular weight is 438 g/mol. The second kappa shape index (κ2) is 11.6. The van der Waals surface area contributed by atoms with E-state index in [1.54, 1.807) is 36.4 Å². The predicted molar refractivity (Wildman–Crippen MR) is 122 cm³/mol. The van der Waals surface area contributed by atoms with Crippen LogP contribution >= 0.6 is 0 Å². The molecule has 0 saturated heterocycles. The molecule has 0 fully saturated rings. The molecular formula is C23H27N5O4. The summed E-state index contributed by atoms with van der Waals surface area (Å²) in [6.07, 6.45) is 7.46. The highest BCUT2D eigenvalue weighted by atomic mass is 16.5. The first-order chi connectivity index (χ1) is 15.3. The third-order valence-corrected chi connectivity index (χ3v) is 4.41. The summed E-state index contributed by atoms with van der Waals surface area (Å²) in [5.41, 5.74) is 13.4. The Hall–Kier alpha value is -3.79. The molecule has 0 bridgehead atoms. The molecule has 0 aliphatic heterocycles. The van der Waals surface area contributed by atoms with E-state index >= 15 is 0 Å². The first kappa shape index (κ1) is 24.5. The summed E-state index contributed by atoms with van der Waals surface area (Å²) in [5, 5.41) is 13.7. The summed E-state index contributed by atoms with van der Waals surface area (Å²) < 4.78 is 0. The van der Waals surface area contributed by atoms with E-state index in [0.29, 0.717) is 24.2 Å². The molecule has 32 heavy (non-hydrogen) atoms. The Labute approximate surface area is 186 Å². The molecule has 168 valence electrons. The Bertz CT molecular complexity index is 996. The van der Waals surface area contributed by atoms with Crippen LogP contribution in [0.15, 0.2) is 60.7 Å². The number of nitrogens with two attached hydrogens (primary N) is 2. The van der Waals surface area contributed by atoms with Crippen molar-refractivity contribution >= 4 is 29.9 Å². The largest absolute Gasteiger partial charge is 0.351 e. The maximum Gasteiger partial charge on any atom is 0.283 e. The number of carbonyl (C=O) groups excluding carboxylic acids is 3. The first-order valence-corrected chi connectivity index (χ1v) is 9.86. The van der Waals surface area contributed by atoms with Crippen LogP contribution in [0.3, 0.4) is 0 Å². The average Bonchev–Trinajstić information content (AvgIpc) is 2.80. The summed E-state index contributed by atoms with van der Waals surface area (Å²) in [6.45, 7) is 2.10. The summed E-state index contributed by atoms with van der Waals surface area (Å²) in [5.74, 6) is -1.63. The van der Waals surface area contributed by atoms with Crippen LogP contribution in [0.4, 0.5) is 0 Å². The Morgan fingerprint density at radius 1 is 0.906 bits per heavy atom. The van der Waals surface area contributed by atoms with Crippen LogP contribution in [0.2, 0.25) is 0 Å². The third-order valence-electron chi connectivity index (χ3n) is 4.41. The molecule has 8 N–H and O–H groups in total. The van der Waals surface area contributed by atoms with E-state index in [0.717, 1.165) is 11.1 Å². The van der Waals surface area contributed by atoms with Crippen LogP contribution in [0.25, 0.3) is 12.2 Å². The number of amides is 3. The molecule has 3 amide bonds. The second-order valence-corrected chi connectivity index (χ2v) is 7.10. The van der Waals surface area contributed by atoms with Gasteiger partial charge in [-0.05, 0) is 42.3 Å². The lowest BCUT2D eigenvalue weighted by Crippen LogP contribution is -2.62. The van der Waals surface area contributed by atoms with E-state index in [1.807, 2.05) is 36.4 Å². The van der Waals surface area contributed by atoms with Crippen molar-refractivity contribution in [2.75, 3.05) is 13.1 Å². The SMILES string of the molecule is C[C@](N)(NC(=O)c1ccc(/C=C/C=C/c2ccc(C(=O)NCCN)cc2)cc1)C(=O)NO. The van der Waals surface area contributed by atoms with E-state index in [2.05, 4.69) is 10.6 Å². The lowest BCUT2D eigenvalue weighted by molar-refractivity contribution is -0.135. The van der Waals surface area contributed by atoms with E-state index in [4.69, 9.17) is 16.7 Å². The highest BCUT2D eigenvalue weighted by Gasteiger charge is 2.30. The highest BCUT2D eigenvalue weighted by Crippen LogP contribution is 2.09. The molecule has 0 aliphatic carbocycles. The van der Waals surface area contributed by atoms with Crippen molar-refractivity contribution in [1.29, 1.82) is 0 Å². The van der Waals surface area contributed by atoms with E-state index in [-0.39, 0.29) is 5.91 Å². The Balaban J connectivity index is 1.92. The monoisotopic (exact) mass is 437 g/mol. The number of nitrogens with one attached hydrogen (secondary N) is 3. The Kier molecular flexibility index (Phi) is 8.84. The van der Waals surface area contributed by atoms with Gasteiger partial charge in [-0.3, -0.25) is 19.6 Å². The van der Waals surface area contributed by atoms with Gasteiger partial charge in [0.15, 0.2) is 5.66 Å². The van der Waals surface area contributed by atoms with Crippen molar-refractivity contribution in [3.8, 4) is 0 Å². The second-order valence-electron chi connectivity index (χ2n) is 7.10. The minimum Gasteiger partial charge on any atom is -0.351 e. The molecule has 0 saturated carbocycles. The molecule has 0 spiro atoms. The van der Waals surface area contributed by atoms with Gasteiger partial charge in [-0.2, -0.15) is 0 Å². The Morgan fingerprint density at radius 3 is 1.81 bits per heavy atom. The molecule has 0 aliphatic rings. The summed E-state index contributed by atoms with van der Waals surface area (Å²) in [6, 6.07) is 13.9. The lowest BCUT2D eigenvalue weighted by atomic mass is 10.1. The van der Waals surface area contributed by atoms with Crippen LogP contribution in [0.1, 0.15) is 38.8 Å². The topological polar surface area (TPSA) is 160 Å². The molecule has 0 unspecified atom stereocenters. The highest BCUT2D eigenvalue weighted by molar-refractivity contribution is 5.98. The van der Waals surface area contributed by atoms with Crippen LogP contribution in [-0.4, -0.2) is 41.7 Å². The van der Waals surface area contributed by atoms with Gasteiger partial charge in [-0.15, -0.1) is 0 Å². The zero-order valence-corrected chi connectivity index (χ0v) is 17.7. The fraction of sp³-hybridized carbons (Fsp3) is 0.174. The smallest absolute Gasteiger partial charge is 0.283 e. The number of allylic oxidation sites excluding steroid dienone is 2. The molecule has 9 nitrogen and oxygen atoms in total. The minimum absolute atomic E-state index is 0.157. The number of hydrogen-bond donors (Lipinski definition) is 6. The Morgan fingerprint density at radius 2 is 1.38 bits per heavy atom. The number of hydroxylamine groups is 1. The fourth-order valence-corrected chi connectivity index (χ4v) is 2.59. The van der Waals surface area contributed by atoms with E-state index in [1.165, 1.54) is 12.4 Å². The maximum absolute atomic E-state index is 12.2. The molecule has 2 aromatic carbocycles. The van der Waals surface area contributed by atoms with Crippen LogP contribution in [0.5, 0.6) is 0 Å². The maximum atomic E-state index is 12.2. The number of hydrogen-bond acceptors (Lipinski definition) is 6. The van der Waals surface area contributed by atoms with Crippen LogP contribution in [0, 0.1) is 0 Å².